The molecule has 1 aromatic heterocycles. The minimum absolute atomic E-state index is 0.819. The van der Waals surface area contributed by atoms with Crippen molar-refractivity contribution in [1.82, 2.24) is 14.3 Å². The van der Waals surface area contributed by atoms with E-state index in [2.05, 4.69) is 19.2 Å². The molecular weight excluding hydrogens is 152 g/mol. The molecule has 0 radical (unpaired) electrons. The number of nitrogen functional groups attached to an aromatic ring is 1. The first-order valence-corrected chi connectivity index (χ1v) is 4.26. The predicted molar refractivity (Wildman–Crippen MR) is 49.8 cm³/mol. The third kappa shape index (κ3) is 0.914. The van der Waals surface area contributed by atoms with Crippen LogP contribution in [-0.4, -0.2) is 30.4 Å². The Morgan fingerprint density at radius 1 is 1.58 bits per heavy atom. The van der Waals surface area contributed by atoms with E-state index in [9.17, 15) is 0 Å². The largest absolute Gasteiger partial charge is 0.391 e. The normalized spacial score (nSPS) is 20.5. The van der Waals surface area contributed by atoms with Crippen molar-refractivity contribution in [2.45, 2.75) is 13.0 Å². The number of quaternary nitrogens is 1. The smallest absolute Gasteiger partial charge is 0.249 e. The second-order valence-corrected chi connectivity index (χ2v) is 3.91. The molecule has 1 aliphatic heterocycles. The van der Waals surface area contributed by atoms with Gasteiger partial charge in [-0.05, 0) is 0 Å². The van der Waals surface area contributed by atoms with Crippen molar-refractivity contribution in [2.24, 2.45) is 0 Å². The number of anilines is 1. The molecule has 0 aliphatic carbocycles. The van der Waals surface area contributed by atoms with E-state index in [1.807, 2.05) is 4.68 Å². The van der Waals surface area contributed by atoms with Crippen molar-refractivity contribution in [3.05, 3.63) is 6.20 Å². The Bertz CT molecular complexity index is 300. The second kappa shape index (κ2) is 2.23. The lowest BCUT2D eigenvalue weighted by molar-refractivity contribution is 0.310. The number of fused-ring (bicyclic) bond motifs is 1. The van der Waals surface area contributed by atoms with Gasteiger partial charge in [-0.2, -0.15) is 5.10 Å². The maximum absolute atomic E-state index is 5.84. The first-order chi connectivity index (χ1) is 5.61. The van der Waals surface area contributed by atoms with Crippen LogP contribution < -0.4 is 10.2 Å². The van der Waals surface area contributed by atoms with E-state index in [0.29, 0.717) is 0 Å². The van der Waals surface area contributed by atoms with Crippen molar-refractivity contribution in [1.29, 1.82) is 0 Å². The van der Waals surface area contributed by atoms with Crippen molar-refractivity contribution in [3.8, 4) is 0 Å². The molecule has 0 spiro atoms. The van der Waals surface area contributed by atoms with Gasteiger partial charge in [0.1, 0.15) is 5.69 Å². The zero-order chi connectivity index (χ0) is 8.77. The Balaban J connectivity index is 2.56. The lowest BCUT2D eigenvalue weighted by Crippen LogP contribution is -2.46. The zero-order valence-corrected chi connectivity index (χ0v) is 7.62. The van der Waals surface area contributed by atoms with Crippen LogP contribution in [0.3, 0.4) is 0 Å². The Kier molecular flexibility index (Phi) is 1.41. The third-order valence-electron chi connectivity index (χ3n) is 2.50. The molecule has 1 aromatic rings. The van der Waals surface area contributed by atoms with Crippen LogP contribution in [0.4, 0.5) is 11.5 Å². The summed E-state index contributed by atoms with van der Waals surface area (Å²) in [6.45, 7) is 2.16. The van der Waals surface area contributed by atoms with Gasteiger partial charge in [-0.15, -0.1) is 0 Å². The lowest BCUT2D eigenvalue weighted by Gasteiger charge is -2.33. The maximum Gasteiger partial charge on any atom is 0.249 e. The molecule has 0 bridgehead atoms. The molecule has 4 heteroatoms. The van der Waals surface area contributed by atoms with E-state index in [0.717, 1.165) is 29.1 Å². The van der Waals surface area contributed by atoms with Gasteiger partial charge in [-0.1, -0.05) is 0 Å². The van der Waals surface area contributed by atoms with Crippen molar-refractivity contribution >= 4 is 11.5 Å². The fraction of sp³-hybridized carbons (Fsp3) is 0.625. The SMILES string of the molecule is C[N+]1(C)CCCn2ncc(N)c21. The Morgan fingerprint density at radius 2 is 2.33 bits per heavy atom. The zero-order valence-electron chi connectivity index (χ0n) is 7.62. The third-order valence-corrected chi connectivity index (χ3v) is 2.50. The van der Waals surface area contributed by atoms with Crippen molar-refractivity contribution in [3.63, 3.8) is 0 Å². The van der Waals surface area contributed by atoms with Gasteiger partial charge in [-0.3, -0.25) is 4.48 Å². The van der Waals surface area contributed by atoms with Crippen molar-refractivity contribution in [2.75, 3.05) is 26.4 Å². The van der Waals surface area contributed by atoms with E-state index >= 15 is 0 Å². The molecular formula is C8H15N4+. The average Bonchev–Trinajstić information content (AvgIpc) is 2.32. The minimum Gasteiger partial charge on any atom is -0.391 e. The molecule has 0 saturated carbocycles. The first kappa shape index (κ1) is 7.61. The highest BCUT2D eigenvalue weighted by atomic mass is 15.5. The predicted octanol–water partition coefficient (Wildman–Crippen LogP) is 0.436. The molecule has 0 amide bonds. The van der Waals surface area contributed by atoms with Gasteiger partial charge >= 0.3 is 0 Å². The summed E-state index contributed by atoms with van der Waals surface area (Å²) in [6, 6.07) is 0. The number of aromatic nitrogens is 2. The van der Waals surface area contributed by atoms with Crippen LogP contribution in [0.5, 0.6) is 0 Å². The van der Waals surface area contributed by atoms with E-state index in [-0.39, 0.29) is 0 Å². The van der Waals surface area contributed by atoms with E-state index in [1.54, 1.807) is 6.20 Å². The van der Waals surface area contributed by atoms with Gasteiger partial charge in [0.2, 0.25) is 5.82 Å². The summed E-state index contributed by atoms with van der Waals surface area (Å²) in [5.74, 6) is 1.15. The van der Waals surface area contributed by atoms with E-state index in [4.69, 9.17) is 5.73 Å². The summed E-state index contributed by atoms with van der Waals surface area (Å²) in [6.07, 6.45) is 2.93. The lowest BCUT2D eigenvalue weighted by atomic mass is 10.2. The maximum atomic E-state index is 5.84. The molecule has 2 rings (SSSR count). The Hall–Kier alpha value is -1.03. The first-order valence-electron chi connectivity index (χ1n) is 4.26. The number of nitrogens with zero attached hydrogens (tertiary/aromatic N) is 3. The molecule has 12 heavy (non-hydrogen) atoms. The highest BCUT2D eigenvalue weighted by Gasteiger charge is 2.30. The Morgan fingerprint density at radius 3 is 3.00 bits per heavy atom. The molecule has 0 atom stereocenters. The summed E-state index contributed by atoms with van der Waals surface area (Å²) in [5, 5.41) is 4.23. The van der Waals surface area contributed by atoms with Gasteiger partial charge in [0.25, 0.3) is 0 Å². The number of nitrogens with two attached hydrogens (primary N) is 1. The molecule has 2 N–H and O–H groups in total. The van der Waals surface area contributed by atoms with Crippen LogP contribution in [0.2, 0.25) is 0 Å². The second-order valence-electron chi connectivity index (χ2n) is 3.91. The van der Waals surface area contributed by atoms with Crippen LogP contribution in [-0.2, 0) is 6.54 Å². The topological polar surface area (TPSA) is 43.8 Å². The molecule has 1 aliphatic rings. The standard InChI is InChI=1S/C8H15N4/c1-12(2)5-3-4-11-8(12)7(9)6-10-11/h6H,3-5,9H2,1-2H3/q+1. The van der Waals surface area contributed by atoms with Gasteiger partial charge in [0.15, 0.2) is 0 Å². The van der Waals surface area contributed by atoms with Gasteiger partial charge < -0.3 is 5.73 Å². The summed E-state index contributed by atoms with van der Waals surface area (Å²) >= 11 is 0. The summed E-state index contributed by atoms with van der Waals surface area (Å²) in [5.41, 5.74) is 6.66. The molecule has 2 heterocycles. The minimum atomic E-state index is 0.819. The van der Waals surface area contributed by atoms with Gasteiger partial charge in [0, 0.05) is 6.42 Å². The molecule has 4 nitrogen and oxygen atoms in total. The number of hydrogen-bond acceptors (Lipinski definition) is 2. The fourth-order valence-corrected chi connectivity index (χ4v) is 1.94. The Labute approximate surface area is 72.2 Å². The van der Waals surface area contributed by atoms with Gasteiger partial charge in [0.05, 0.1) is 33.4 Å². The summed E-state index contributed by atoms with van der Waals surface area (Å²) in [7, 11) is 4.34. The highest BCUT2D eigenvalue weighted by Crippen LogP contribution is 2.29. The average molecular weight is 167 g/mol. The number of aryl methyl sites for hydroxylation is 1. The molecule has 0 unspecified atom stereocenters. The monoisotopic (exact) mass is 167 g/mol. The number of hydrogen-bond donors (Lipinski definition) is 1. The molecule has 0 fully saturated rings. The van der Waals surface area contributed by atoms with Crippen LogP contribution in [0.15, 0.2) is 6.20 Å². The van der Waals surface area contributed by atoms with Crippen molar-refractivity contribution < 1.29 is 0 Å². The van der Waals surface area contributed by atoms with E-state index < -0.39 is 0 Å². The van der Waals surface area contributed by atoms with Crippen LogP contribution >= 0.6 is 0 Å². The fourth-order valence-electron chi connectivity index (χ4n) is 1.94. The summed E-state index contributed by atoms with van der Waals surface area (Å²) < 4.78 is 2.87. The summed E-state index contributed by atoms with van der Waals surface area (Å²) in [4.78, 5) is 0. The molecule has 66 valence electrons. The van der Waals surface area contributed by atoms with Gasteiger partial charge in [-0.25, -0.2) is 4.68 Å². The quantitative estimate of drug-likeness (QED) is 0.570. The van der Waals surface area contributed by atoms with Crippen LogP contribution in [0, 0.1) is 0 Å². The van der Waals surface area contributed by atoms with E-state index in [1.165, 1.54) is 6.42 Å². The molecule has 0 saturated heterocycles. The number of rotatable bonds is 0. The van der Waals surface area contributed by atoms with Crippen LogP contribution in [0.25, 0.3) is 0 Å². The van der Waals surface area contributed by atoms with Crippen LogP contribution in [0.1, 0.15) is 6.42 Å². The highest BCUT2D eigenvalue weighted by molar-refractivity contribution is 5.59. The molecule has 0 aromatic carbocycles.